The minimum atomic E-state index is -3.62. The molecule has 0 bridgehead atoms. The molecule has 1 saturated heterocycles. The minimum Gasteiger partial charge on any atom is -0.381 e. The molecule has 0 spiro atoms. The first-order valence-electron chi connectivity index (χ1n) is 5.90. The van der Waals surface area contributed by atoms with Gasteiger partial charge in [-0.05, 0) is 24.5 Å². The molecule has 1 heterocycles. The van der Waals surface area contributed by atoms with Crippen molar-refractivity contribution in [2.24, 2.45) is 0 Å². The van der Waals surface area contributed by atoms with Crippen LogP contribution in [0.3, 0.4) is 0 Å². The molecule has 0 aromatic heterocycles. The van der Waals surface area contributed by atoms with Crippen LogP contribution < -0.4 is 0 Å². The molecule has 1 aliphatic heterocycles. The summed E-state index contributed by atoms with van der Waals surface area (Å²) < 4.78 is 33.7. The van der Waals surface area contributed by atoms with E-state index in [2.05, 4.69) is 0 Å². The minimum absolute atomic E-state index is 0.260. The highest BCUT2D eigenvalue weighted by atomic mass is 32.2. The molecule has 1 aliphatic rings. The molecule has 4 nitrogen and oxygen atoms in total. The Morgan fingerprint density at radius 3 is 2.50 bits per heavy atom. The van der Waals surface area contributed by atoms with Crippen molar-refractivity contribution in [1.29, 1.82) is 0 Å². The summed E-state index contributed by atoms with van der Waals surface area (Å²) in [4.78, 5) is 0. The first kappa shape index (κ1) is 13.3. The summed E-state index contributed by atoms with van der Waals surface area (Å²) in [5.74, 6) is 0. The third-order valence-electron chi connectivity index (χ3n) is 2.67. The van der Waals surface area contributed by atoms with Crippen LogP contribution in [-0.4, -0.2) is 27.7 Å². The molecule has 98 valence electrons. The molecule has 1 aromatic rings. The van der Waals surface area contributed by atoms with Crippen molar-refractivity contribution in [2.45, 2.75) is 18.9 Å². The lowest BCUT2D eigenvalue weighted by Crippen LogP contribution is -2.25. The van der Waals surface area contributed by atoms with Crippen molar-refractivity contribution < 1.29 is 17.3 Å². The van der Waals surface area contributed by atoms with E-state index in [1.165, 1.54) is 6.08 Å². The molecule has 2 rings (SSSR count). The van der Waals surface area contributed by atoms with E-state index in [-0.39, 0.29) is 6.10 Å². The normalized spacial score (nSPS) is 18.2. The van der Waals surface area contributed by atoms with Crippen molar-refractivity contribution in [1.82, 2.24) is 0 Å². The molecule has 0 aliphatic carbocycles. The average molecular weight is 268 g/mol. The monoisotopic (exact) mass is 268 g/mol. The maximum atomic E-state index is 11.7. The van der Waals surface area contributed by atoms with Crippen molar-refractivity contribution in [2.75, 3.05) is 13.2 Å². The molecular formula is C13H16O4S. The SMILES string of the molecule is O=S(=O)(/C=C/c1ccccc1)OC1CCOCC1. The maximum Gasteiger partial charge on any atom is 0.290 e. The van der Waals surface area contributed by atoms with Gasteiger partial charge < -0.3 is 4.74 Å². The van der Waals surface area contributed by atoms with Crippen molar-refractivity contribution >= 4 is 16.2 Å². The summed E-state index contributed by atoms with van der Waals surface area (Å²) in [5.41, 5.74) is 0.830. The largest absolute Gasteiger partial charge is 0.381 e. The first-order valence-corrected chi connectivity index (χ1v) is 7.37. The van der Waals surface area contributed by atoms with Gasteiger partial charge in [0.15, 0.2) is 0 Å². The summed E-state index contributed by atoms with van der Waals surface area (Å²) in [6.45, 7) is 1.12. The number of benzene rings is 1. The zero-order valence-electron chi connectivity index (χ0n) is 9.99. The molecule has 0 N–H and O–H groups in total. The quantitative estimate of drug-likeness (QED) is 0.785. The van der Waals surface area contributed by atoms with Crippen LogP contribution in [-0.2, 0) is 19.0 Å². The second kappa shape index (κ2) is 6.13. The summed E-state index contributed by atoms with van der Waals surface area (Å²) in [6, 6.07) is 9.25. The summed E-state index contributed by atoms with van der Waals surface area (Å²) in [6.07, 6.45) is 2.52. The van der Waals surface area contributed by atoms with Gasteiger partial charge in [0.1, 0.15) is 0 Å². The Hall–Kier alpha value is -1.17. The number of rotatable bonds is 4. The Balaban J connectivity index is 1.96. The van der Waals surface area contributed by atoms with Crippen LogP contribution in [0.1, 0.15) is 18.4 Å². The van der Waals surface area contributed by atoms with Crippen LogP contribution in [0.5, 0.6) is 0 Å². The molecule has 5 heteroatoms. The van der Waals surface area contributed by atoms with E-state index in [0.717, 1.165) is 11.0 Å². The van der Waals surface area contributed by atoms with Crippen molar-refractivity contribution in [3.63, 3.8) is 0 Å². The number of ether oxygens (including phenoxy) is 1. The smallest absolute Gasteiger partial charge is 0.290 e. The van der Waals surface area contributed by atoms with E-state index in [0.29, 0.717) is 26.1 Å². The van der Waals surface area contributed by atoms with E-state index in [9.17, 15) is 8.42 Å². The van der Waals surface area contributed by atoms with E-state index in [1.54, 1.807) is 0 Å². The second-order valence-electron chi connectivity index (χ2n) is 4.11. The lowest BCUT2D eigenvalue weighted by Gasteiger charge is -2.20. The predicted molar refractivity (Wildman–Crippen MR) is 69.3 cm³/mol. The number of hydrogen-bond acceptors (Lipinski definition) is 4. The second-order valence-corrected chi connectivity index (χ2v) is 5.56. The zero-order chi connectivity index (χ0) is 12.8. The van der Waals surface area contributed by atoms with Crippen LogP contribution in [0.4, 0.5) is 0 Å². The average Bonchev–Trinajstić information content (AvgIpc) is 2.38. The lowest BCUT2D eigenvalue weighted by molar-refractivity contribution is 0.0291. The van der Waals surface area contributed by atoms with Gasteiger partial charge in [0.05, 0.1) is 11.5 Å². The summed E-state index contributed by atoms with van der Waals surface area (Å²) >= 11 is 0. The standard InChI is InChI=1S/C13H16O4S/c14-18(15,17-13-6-9-16-10-7-13)11-8-12-4-2-1-3-5-12/h1-5,8,11,13H,6-7,9-10H2/b11-8+. The van der Waals surface area contributed by atoms with Crippen LogP contribution in [0.2, 0.25) is 0 Å². The van der Waals surface area contributed by atoms with Gasteiger partial charge >= 0.3 is 0 Å². The van der Waals surface area contributed by atoms with Gasteiger partial charge in [-0.1, -0.05) is 30.3 Å². The third kappa shape index (κ3) is 4.25. The van der Waals surface area contributed by atoms with Crippen LogP contribution in [0.25, 0.3) is 6.08 Å². The molecule has 0 radical (unpaired) electrons. The Bertz CT molecular complexity index is 487. The van der Waals surface area contributed by atoms with Crippen molar-refractivity contribution in [3.05, 3.63) is 41.3 Å². The van der Waals surface area contributed by atoms with Gasteiger partial charge in [-0.15, -0.1) is 0 Å². The fraction of sp³-hybridized carbons (Fsp3) is 0.385. The van der Waals surface area contributed by atoms with E-state index in [1.807, 2.05) is 30.3 Å². The van der Waals surface area contributed by atoms with Gasteiger partial charge in [-0.25, -0.2) is 0 Å². The number of hydrogen-bond donors (Lipinski definition) is 0. The molecule has 0 amide bonds. The Labute approximate surface area is 107 Å². The summed E-state index contributed by atoms with van der Waals surface area (Å²) in [5, 5.41) is 1.11. The van der Waals surface area contributed by atoms with E-state index < -0.39 is 10.1 Å². The molecule has 0 unspecified atom stereocenters. The molecule has 18 heavy (non-hydrogen) atoms. The highest BCUT2D eigenvalue weighted by Crippen LogP contribution is 2.15. The highest BCUT2D eigenvalue weighted by molar-refractivity contribution is 7.89. The van der Waals surface area contributed by atoms with Crippen LogP contribution in [0.15, 0.2) is 35.7 Å². The molecule has 0 atom stereocenters. The Kier molecular flexibility index (Phi) is 4.52. The molecule has 1 fully saturated rings. The Morgan fingerprint density at radius 2 is 1.83 bits per heavy atom. The van der Waals surface area contributed by atoms with E-state index >= 15 is 0 Å². The molecule has 1 aromatic carbocycles. The lowest BCUT2D eigenvalue weighted by atomic mass is 10.2. The van der Waals surface area contributed by atoms with Gasteiger partial charge in [0.2, 0.25) is 0 Å². The van der Waals surface area contributed by atoms with Gasteiger partial charge in [-0.2, -0.15) is 8.42 Å². The topological polar surface area (TPSA) is 52.6 Å². The summed E-state index contributed by atoms with van der Waals surface area (Å²) in [7, 11) is -3.62. The van der Waals surface area contributed by atoms with Gasteiger partial charge in [-0.3, -0.25) is 4.18 Å². The van der Waals surface area contributed by atoms with E-state index in [4.69, 9.17) is 8.92 Å². The van der Waals surface area contributed by atoms with Crippen molar-refractivity contribution in [3.8, 4) is 0 Å². The third-order valence-corrected chi connectivity index (χ3v) is 3.68. The fourth-order valence-corrected chi connectivity index (χ4v) is 2.68. The zero-order valence-corrected chi connectivity index (χ0v) is 10.8. The molecular weight excluding hydrogens is 252 g/mol. The molecule has 0 saturated carbocycles. The van der Waals surface area contributed by atoms with Crippen LogP contribution in [0, 0.1) is 0 Å². The maximum absolute atomic E-state index is 11.7. The van der Waals surface area contributed by atoms with Gasteiger partial charge in [0.25, 0.3) is 10.1 Å². The highest BCUT2D eigenvalue weighted by Gasteiger charge is 2.20. The fourth-order valence-electron chi connectivity index (χ4n) is 1.72. The Morgan fingerprint density at radius 1 is 1.17 bits per heavy atom. The predicted octanol–water partition coefficient (Wildman–Crippen LogP) is 2.18. The first-order chi connectivity index (χ1) is 8.66. The van der Waals surface area contributed by atoms with Gasteiger partial charge in [0, 0.05) is 13.2 Å². The van der Waals surface area contributed by atoms with Crippen LogP contribution >= 0.6 is 0 Å².